The maximum atomic E-state index is 12.9. The highest BCUT2D eigenvalue weighted by molar-refractivity contribution is 6.43. The molecule has 1 saturated heterocycles. The Labute approximate surface area is 200 Å². The standard InChI is InChI=1S/C23H20Cl3N3O3/c1-14(30)28-10-12-29(13-11-28)22-17(25)6-3-7-18(22)27-23(31)20-9-8-19(32-20)15-4-2-5-16(24)21(15)26/h2-9H,10-13H2,1H3,(H,27,31). The average molecular weight is 493 g/mol. The van der Waals surface area contributed by atoms with Crippen LogP contribution in [0.3, 0.4) is 0 Å². The van der Waals surface area contributed by atoms with Crippen LogP contribution in [-0.2, 0) is 4.79 Å². The van der Waals surface area contributed by atoms with Crippen molar-refractivity contribution >= 4 is 58.0 Å². The van der Waals surface area contributed by atoms with Gasteiger partial charge in [0.1, 0.15) is 5.76 Å². The van der Waals surface area contributed by atoms with Crippen LogP contribution in [0.4, 0.5) is 11.4 Å². The first kappa shape index (κ1) is 22.5. The molecule has 9 heteroatoms. The Kier molecular flexibility index (Phi) is 6.65. The van der Waals surface area contributed by atoms with Gasteiger partial charge in [-0.05, 0) is 36.4 Å². The molecule has 0 spiro atoms. The maximum Gasteiger partial charge on any atom is 0.291 e. The summed E-state index contributed by atoms with van der Waals surface area (Å²) in [4.78, 5) is 28.4. The molecule has 6 nitrogen and oxygen atoms in total. The third-order valence-electron chi connectivity index (χ3n) is 5.32. The van der Waals surface area contributed by atoms with Crippen LogP contribution in [-0.4, -0.2) is 42.9 Å². The lowest BCUT2D eigenvalue weighted by molar-refractivity contribution is -0.129. The van der Waals surface area contributed by atoms with Crippen LogP contribution in [0, 0.1) is 0 Å². The van der Waals surface area contributed by atoms with E-state index in [0.29, 0.717) is 58.3 Å². The number of piperazine rings is 1. The van der Waals surface area contributed by atoms with E-state index in [1.807, 2.05) is 0 Å². The highest BCUT2D eigenvalue weighted by atomic mass is 35.5. The molecule has 166 valence electrons. The minimum atomic E-state index is -0.416. The average Bonchev–Trinajstić information content (AvgIpc) is 3.26. The SMILES string of the molecule is CC(=O)N1CCN(c2c(Cl)cccc2NC(=O)c2ccc(-c3cccc(Cl)c3Cl)o2)CC1. The van der Waals surface area contributed by atoms with E-state index in [1.54, 1.807) is 60.4 Å². The number of hydrogen-bond donors (Lipinski definition) is 1. The molecule has 1 aliphatic heterocycles. The predicted octanol–water partition coefficient (Wildman–Crippen LogP) is 5.83. The zero-order chi connectivity index (χ0) is 22.8. The van der Waals surface area contributed by atoms with Crippen molar-refractivity contribution in [2.75, 3.05) is 36.4 Å². The quantitative estimate of drug-likeness (QED) is 0.498. The first-order chi connectivity index (χ1) is 15.3. The number of para-hydroxylation sites is 1. The molecule has 3 aromatic rings. The Bertz CT molecular complexity index is 1170. The number of rotatable bonds is 4. The van der Waals surface area contributed by atoms with E-state index in [4.69, 9.17) is 39.2 Å². The number of carbonyl (C=O) groups is 2. The molecule has 0 unspecified atom stereocenters. The van der Waals surface area contributed by atoms with E-state index in [9.17, 15) is 9.59 Å². The lowest BCUT2D eigenvalue weighted by Crippen LogP contribution is -2.48. The van der Waals surface area contributed by atoms with Gasteiger partial charge in [-0.1, -0.05) is 46.9 Å². The summed E-state index contributed by atoms with van der Waals surface area (Å²) >= 11 is 18.8. The van der Waals surface area contributed by atoms with Gasteiger partial charge in [-0.3, -0.25) is 9.59 Å². The molecular weight excluding hydrogens is 473 g/mol. The van der Waals surface area contributed by atoms with E-state index < -0.39 is 5.91 Å². The van der Waals surface area contributed by atoms with Crippen molar-refractivity contribution in [3.63, 3.8) is 0 Å². The van der Waals surface area contributed by atoms with Crippen LogP contribution in [0.2, 0.25) is 15.1 Å². The molecule has 1 aliphatic rings. The van der Waals surface area contributed by atoms with Gasteiger partial charge in [0, 0.05) is 38.7 Å². The molecular formula is C23H20Cl3N3O3. The summed E-state index contributed by atoms with van der Waals surface area (Å²) in [5, 5.41) is 4.17. The summed E-state index contributed by atoms with van der Waals surface area (Å²) in [7, 11) is 0. The molecule has 0 radical (unpaired) electrons. The molecule has 2 heterocycles. The summed E-state index contributed by atoms with van der Waals surface area (Å²) in [6, 6.07) is 13.8. The van der Waals surface area contributed by atoms with Crippen molar-refractivity contribution < 1.29 is 14.0 Å². The Morgan fingerprint density at radius 3 is 2.31 bits per heavy atom. The Balaban J connectivity index is 1.55. The van der Waals surface area contributed by atoms with Gasteiger partial charge < -0.3 is 19.5 Å². The topological polar surface area (TPSA) is 65.8 Å². The zero-order valence-corrected chi connectivity index (χ0v) is 19.5. The molecule has 0 bridgehead atoms. The van der Waals surface area contributed by atoms with E-state index >= 15 is 0 Å². The number of furan rings is 1. The van der Waals surface area contributed by atoms with Crippen LogP contribution in [0.25, 0.3) is 11.3 Å². The lowest BCUT2D eigenvalue weighted by Gasteiger charge is -2.36. The van der Waals surface area contributed by atoms with Gasteiger partial charge in [-0.15, -0.1) is 0 Å². The summed E-state index contributed by atoms with van der Waals surface area (Å²) in [5.41, 5.74) is 1.89. The van der Waals surface area contributed by atoms with Gasteiger partial charge in [0.2, 0.25) is 5.91 Å². The first-order valence-corrected chi connectivity index (χ1v) is 11.1. The van der Waals surface area contributed by atoms with Crippen molar-refractivity contribution in [3.8, 4) is 11.3 Å². The lowest BCUT2D eigenvalue weighted by atomic mass is 10.2. The van der Waals surface area contributed by atoms with Crippen LogP contribution in [0.15, 0.2) is 52.9 Å². The second-order valence-electron chi connectivity index (χ2n) is 7.35. The molecule has 1 N–H and O–H groups in total. The van der Waals surface area contributed by atoms with Gasteiger partial charge in [0.25, 0.3) is 5.91 Å². The molecule has 0 atom stereocenters. The van der Waals surface area contributed by atoms with Crippen LogP contribution < -0.4 is 10.2 Å². The Morgan fingerprint density at radius 2 is 1.59 bits per heavy atom. The van der Waals surface area contributed by atoms with E-state index in [-0.39, 0.29) is 11.7 Å². The fraction of sp³-hybridized carbons (Fsp3) is 0.217. The number of amides is 2. The minimum absolute atomic E-state index is 0.0470. The number of benzene rings is 2. The Morgan fingerprint density at radius 1 is 0.906 bits per heavy atom. The smallest absolute Gasteiger partial charge is 0.291 e. The molecule has 2 aromatic carbocycles. The fourth-order valence-corrected chi connectivity index (χ4v) is 4.35. The minimum Gasteiger partial charge on any atom is -0.451 e. The number of anilines is 2. The largest absolute Gasteiger partial charge is 0.451 e. The normalized spacial score (nSPS) is 13.9. The van der Waals surface area contributed by atoms with E-state index in [1.165, 1.54) is 0 Å². The van der Waals surface area contributed by atoms with Crippen molar-refractivity contribution in [1.82, 2.24) is 4.90 Å². The number of hydrogen-bond acceptors (Lipinski definition) is 4. The molecule has 0 saturated carbocycles. The van der Waals surface area contributed by atoms with Gasteiger partial charge in [0.15, 0.2) is 5.76 Å². The van der Waals surface area contributed by atoms with E-state index in [2.05, 4.69) is 10.2 Å². The van der Waals surface area contributed by atoms with Crippen LogP contribution in [0.1, 0.15) is 17.5 Å². The summed E-state index contributed by atoms with van der Waals surface area (Å²) < 4.78 is 5.75. The van der Waals surface area contributed by atoms with Crippen molar-refractivity contribution in [2.24, 2.45) is 0 Å². The van der Waals surface area contributed by atoms with Crippen LogP contribution >= 0.6 is 34.8 Å². The molecule has 32 heavy (non-hydrogen) atoms. The number of carbonyl (C=O) groups excluding carboxylic acids is 2. The third-order valence-corrected chi connectivity index (χ3v) is 6.45. The summed E-state index contributed by atoms with van der Waals surface area (Å²) in [6.07, 6.45) is 0. The maximum absolute atomic E-state index is 12.9. The van der Waals surface area contributed by atoms with Crippen LogP contribution in [0.5, 0.6) is 0 Å². The summed E-state index contributed by atoms with van der Waals surface area (Å²) in [6.45, 7) is 3.98. The molecule has 2 amide bonds. The first-order valence-electron chi connectivity index (χ1n) is 9.99. The number of nitrogens with one attached hydrogen (secondary N) is 1. The summed E-state index contributed by atoms with van der Waals surface area (Å²) in [5.74, 6) is 0.198. The second-order valence-corrected chi connectivity index (χ2v) is 8.54. The third kappa shape index (κ3) is 4.58. The van der Waals surface area contributed by atoms with Gasteiger partial charge >= 0.3 is 0 Å². The highest BCUT2D eigenvalue weighted by Crippen LogP contribution is 2.36. The zero-order valence-electron chi connectivity index (χ0n) is 17.2. The fourth-order valence-electron chi connectivity index (χ4n) is 3.67. The molecule has 0 aliphatic carbocycles. The van der Waals surface area contributed by atoms with Crippen molar-refractivity contribution in [1.29, 1.82) is 0 Å². The number of nitrogens with zero attached hydrogens (tertiary/aromatic N) is 2. The predicted molar refractivity (Wildman–Crippen MR) is 128 cm³/mol. The van der Waals surface area contributed by atoms with Gasteiger partial charge in [-0.25, -0.2) is 0 Å². The molecule has 1 aromatic heterocycles. The molecule has 4 rings (SSSR count). The van der Waals surface area contributed by atoms with Gasteiger partial charge in [0.05, 0.1) is 26.4 Å². The second kappa shape index (κ2) is 9.45. The number of halogens is 3. The van der Waals surface area contributed by atoms with Crippen molar-refractivity contribution in [3.05, 3.63) is 69.4 Å². The van der Waals surface area contributed by atoms with Gasteiger partial charge in [-0.2, -0.15) is 0 Å². The Hall–Kier alpha value is -2.67. The molecule has 1 fully saturated rings. The monoisotopic (exact) mass is 491 g/mol. The van der Waals surface area contributed by atoms with E-state index in [0.717, 1.165) is 5.69 Å². The van der Waals surface area contributed by atoms with Crippen molar-refractivity contribution in [2.45, 2.75) is 6.92 Å². The highest BCUT2D eigenvalue weighted by Gasteiger charge is 2.24.